The van der Waals surface area contributed by atoms with Crippen LogP contribution in [0.1, 0.15) is 12.8 Å². The first-order valence-electron chi connectivity index (χ1n) is 5.61. The molecule has 0 bridgehead atoms. The third-order valence-corrected chi connectivity index (χ3v) is 4.83. The van der Waals surface area contributed by atoms with Gasteiger partial charge in [0.05, 0.1) is 23.3 Å². The summed E-state index contributed by atoms with van der Waals surface area (Å²) >= 11 is 0. The highest BCUT2D eigenvalue weighted by Gasteiger charge is 2.39. The van der Waals surface area contributed by atoms with E-state index in [-0.39, 0.29) is 17.2 Å². The fraction of sp³-hybridized carbons (Fsp3) is 0.417. The monoisotopic (exact) mass is 268 g/mol. The highest BCUT2D eigenvalue weighted by molar-refractivity contribution is 7.91. The van der Waals surface area contributed by atoms with E-state index in [9.17, 15) is 18.1 Å². The molecule has 0 radical (unpaired) electrons. The van der Waals surface area contributed by atoms with Gasteiger partial charge in [0, 0.05) is 0 Å². The topological polar surface area (TPSA) is 70.0 Å². The molecule has 1 N–H and O–H groups in total. The van der Waals surface area contributed by atoms with Crippen LogP contribution in [0.25, 0.3) is 0 Å². The smallest absolute Gasteiger partial charge is 0.153 e. The molecule has 1 aromatic rings. The standard InChI is InChI=1S/C12H13FN2O2S/c13-10-4-1-2-5-11(10)15-12(8-14)6-3-7-18(16,17)9-12/h1-2,4-5,15H,3,6-7,9H2. The molecule has 1 aromatic carbocycles. The maximum atomic E-state index is 13.5. The Hall–Kier alpha value is -1.61. The van der Waals surface area contributed by atoms with Gasteiger partial charge in [-0.2, -0.15) is 5.26 Å². The average Bonchev–Trinajstić information content (AvgIpc) is 2.31. The molecule has 96 valence electrons. The van der Waals surface area contributed by atoms with Gasteiger partial charge in [0.2, 0.25) is 0 Å². The summed E-state index contributed by atoms with van der Waals surface area (Å²) in [7, 11) is -3.24. The van der Waals surface area contributed by atoms with Crippen molar-refractivity contribution in [2.24, 2.45) is 0 Å². The predicted molar refractivity (Wildman–Crippen MR) is 66.3 cm³/mol. The van der Waals surface area contributed by atoms with Crippen molar-refractivity contribution in [2.75, 3.05) is 16.8 Å². The maximum Gasteiger partial charge on any atom is 0.153 e. The summed E-state index contributed by atoms with van der Waals surface area (Å²) in [4.78, 5) is 0. The summed E-state index contributed by atoms with van der Waals surface area (Å²) in [6, 6.07) is 7.93. The Kier molecular flexibility index (Phi) is 3.26. The number of para-hydroxylation sites is 1. The number of benzene rings is 1. The van der Waals surface area contributed by atoms with E-state index in [0.717, 1.165) is 0 Å². The normalized spacial score (nSPS) is 26.2. The lowest BCUT2D eigenvalue weighted by molar-refractivity contribution is 0.515. The Morgan fingerprint density at radius 1 is 1.39 bits per heavy atom. The molecule has 1 aliphatic heterocycles. The van der Waals surface area contributed by atoms with Gasteiger partial charge < -0.3 is 5.32 Å². The number of hydrogen-bond acceptors (Lipinski definition) is 4. The largest absolute Gasteiger partial charge is 0.364 e. The van der Waals surface area contributed by atoms with E-state index >= 15 is 0 Å². The summed E-state index contributed by atoms with van der Waals surface area (Å²) in [5.74, 6) is -0.671. The lowest BCUT2D eigenvalue weighted by Crippen LogP contribution is -2.47. The van der Waals surface area contributed by atoms with Crippen LogP contribution in [0.4, 0.5) is 10.1 Å². The first-order valence-corrected chi connectivity index (χ1v) is 7.43. The molecule has 1 aliphatic rings. The van der Waals surface area contributed by atoms with Crippen LogP contribution in [-0.4, -0.2) is 25.5 Å². The second-order valence-corrected chi connectivity index (χ2v) is 6.68. The third-order valence-electron chi connectivity index (χ3n) is 2.99. The Labute approximate surface area is 105 Å². The van der Waals surface area contributed by atoms with Gasteiger partial charge in [-0.15, -0.1) is 0 Å². The molecule has 1 saturated heterocycles. The highest BCUT2D eigenvalue weighted by atomic mass is 32.2. The molecule has 6 heteroatoms. The van der Waals surface area contributed by atoms with Gasteiger partial charge in [-0.3, -0.25) is 0 Å². The molecule has 1 unspecified atom stereocenters. The zero-order valence-corrected chi connectivity index (χ0v) is 10.5. The van der Waals surface area contributed by atoms with Crippen LogP contribution >= 0.6 is 0 Å². The molecule has 0 spiro atoms. The van der Waals surface area contributed by atoms with Crippen LogP contribution in [0.2, 0.25) is 0 Å². The molecule has 0 aromatic heterocycles. The van der Waals surface area contributed by atoms with Crippen LogP contribution < -0.4 is 5.32 Å². The maximum absolute atomic E-state index is 13.5. The molecular weight excluding hydrogens is 255 g/mol. The van der Waals surface area contributed by atoms with Gasteiger partial charge >= 0.3 is 0 Å². The Morgan fingerprint density at radius 2 is 2.11 bits per heavy atom. The quantitative estimate of drug-likeness (QED) is 0.886. The molecule has 1 atom stereocenters. The van der Waals surface area contributed by atoms with Crippen molar-refractivity contribution in [1.29, 1.82) is 5.26 Å². The van der Waals surface area contributed by atoms with Crippen LogP contribution in [0, 0.1) is 17.1 Å². The fourth-order valence-corrected chi connectivity index (χ4v) is 3.91. The molecule has 4 nitrogen and oxygen atoms in total. The van der Waals surface area contributed by atoms with Gasteiger partial charge in [-0.25, -0.2) is 12.8 Å². The molecule has 0 saturated carbocycles. The number of anilines is 1. The lowest BCUT2D eigenvalue weighted by Gasteiger charge is -2.32. The van der Waals surface area contributed by atoms with E-state index in [1.807, 2.05) is 6.07 Å². The van der Waals surface area contributed by atoms with E-state index in [1.54, 1.807) is 6.07 Å². The number of rotatable bonds is 2. The zero-order valence-electron chi connectivity index (χ0n) is 9.69. The first-order chi connectivity index (χ1) is 8.46. The minimum absolute atomic E-state index is 0.0926. The van der Waals surface area contributed by atoms with Gasteiger partial charge in [0.25, 0.3) is 0 Å². The van der Waals surface area contributed by atoms with E-state index in [2.05, 4.69) is 5.32 Å². The third kappa shape index (κ3) is 2.62. The lowest BCUT2D eigenvalue weighted by atomic mass is 9.97. The molecular formula is C12H13FN2O2S. The first kappa shape index (κ1) is 12.8. The number of nitrogens with one attached hydrogen (secondary N) is 1. The minimum atomic E-state index is -3.24. The molecule has 18 heavy (non-hydrogen) atoms. The SMILES string of the molecule is N#CC1(Nc2ccccc2F)CCCS(=O)(=O)C1. The van der Waals surface area contributed by atoms with Crippen molar-refractivity contribution >= 4 is 15.5 Å². The van der Waals surface area contributed by atoms with Gasteiger partial charge in [-0.1, -0.05) is 12.1 Å². The molecule has 0 aliphatic carbocycles. The molecule has 1 fully saturated rings. The average molecular weight is 268 g/mol. The molecule has 2 rings (SSSR count). The van der Waals surface area contributed by atoms with E-state index < -0.39 is 21.2 Å². The Bertz CT molecular complexity index is 594. The second kappa shape index (κ2) is 4.58. The van der Waals surface area contributed by atoms with Gasteiger partial charge in [0.1, 0.15) is 11.4 Å². The van der Waals surface area contributed by atoms with Crippen molar-refractivity contribution in [3.63, 3.8) is 0 Å². The summed E-state index contributed by atoms with van der Waals surface area (Å²) in [6.45, 7) is 0. The summed E-state index contributed by atoms with van der Waals surface area (Å²) in [5, 5.41) is 12.0. The van der Waals surface area contributed by atoms with Gasteiger partial charge in [0.15, 0.2) is 9.84 Å². The molecule has 0 amide bonds. The highest BCUT2D eigenvalue weighted by Crippen LogP contribution is 2.28. The van der Waals surface area contributed by atoms with Crippen molar-refractivity contribution in [2.45, 2.75) is 18.4 Å². The summed E-state index contributed by atoms with van der Waals surface area (Å²) < 4.78 is 36.8. The van der Waals surface area contributed by atoms with Crippen molar-refractivity contribution < 1.29 is 12.8 Å². The number of sulfone groups is 1. The van der Waals surface area contributed by atoms with Crippen LogP contribution in [-0.2, 0) is 9.84 Å². The number of halogens is 1. The van der Waals surface area contributed by atoms with Crippen LogP contribution in [0.5, 0.6) is 0 Å². The van der Waals surface area contributed by atoms with Crippen molar-refractivity contribution in [1.82, 2.24) is 0 Å². The predicted octanol–water partition coefficient (Wildman–Crippen LogP) is 1.71. The Balaban J connectivity index is 2.30. The number of hydrogen-bond donors (Lipinski definition) is 1. The summed E-state index contributed by atoms with van der Waals surface area (Å²) in [5.41, 5.74) is -1.06. The number of nitrogens with zero attached hydrogens (tertiary/aromatic N) is 1. The van der Waals surface area contributed by atoms with Crippen molar-refractivity contribution in [3.8, 4) is 6.07 Å². The molecule has 1 heterocycles. The van der Waals surface area contributed by atoms with Gasteiger partial charge in [-0.05, 0) is 25.0 Å². The second-order valence-electron chi connectivity index (χ2n) is 4.49. The van der Waals surface area contributed by atoms with Crippen LogP contribution in [0.3, 0.4) is 0 Å². The summed E-state index contributed by atoms with van der Waals surface area (Å²) in [6.07, 6.45) is 0.814. The van der Waals surface area contributed by atoms with E-state index in [0.29, 0.717) is 12.8 Å². The van der Waals surface area contributed by atoms with Crippen LogP contribution in [0.15, 0.2) is 24.3 Å². The Morgan fingerprint density at radius 3 is 2.72 bits per heavy atom. The number of nitriles is 1. The van der Waals surface area contributed by atoms with E-state index in [1.165, 1.54) is 18.2 Å². The zero-order chi connectivity index (χ0) is 13.2. The minimum Gasteiger partial charge on any atom is -0.364 e. The fourth-order valence-electron chi connectivity index (χ4n) is 2.15. The van der Waals surface area contributed by atoms with Crippen molar-refractivity contribution in [3.05, 3.63) is 30.1 Å². The van der Waals surface area contributed by atoms with E-state index in [4.69, 9.17) is 0 Å².